The smallest absolute Gasteiger partial charge is 0.0926 e. The van der Waals surface area contributed by atoms with Gasteiger partial charge < -0.3 is 4.90 Å². The van der Waals surface area contributed by atoms with Gasteiger partial charge in [0.15, 0.2) is 0 Å². The van der Waals surface area contributed by atoms with Gasteiger partial charge in [-0.3, -0.25) is 5.41 Å². The first kappa shape index (κ1) is 9.90. The monoisotopic (exact) mass is 186 g/mol. The van der Waals surface area contributed by atoms with E-state index in [1.54, 1.807) is 0 Å². The summed E-state index contributed by atoms with van der Waals surface area (Å²) in [5.74, 6) is 1.94. The first-order valence-corrected chi connectivity index (χ1v) is 5.70. The van der Waals surface area contributed by atoms with Crippen LogP contribution in [0.5, 0.6) is 0 Å². The van der Waals surface area contributed by atoms with Gasteiger partial charge in [-0.05, 0) is 25.5 Å². The second-order valence-corrected chi connectivity index (χ2v) is 4.83. The van der Waals surface area contributed by atoms with E-state index in [9.17, 15) is 0 Å². The highest BCUT2D eigenvalue weighted by atomic mass is 32.2. The van der Waals surface area contributed by atoms with Crippen LogP contribution >= 0.6 is 11.8 Å². The van der Waals surface area contributed by atoms with Crippen LogP contribution < -0.4 is 0 Å². The maximum Gasteiger partial charge on any atom is 0.0926 e. The number of thioether (sulfide) groups is 1. The van der Waals surface area contributed by atoms with Crippen molar-refractivity contribution in [2.75, 3.05) is 18.8 Å². The fraction of sp³-hybridized carbons (Fsp3) is 0.889. The van der Waals surface area contributed by atoms with E-state index in [0.29, 0.717) is 0 Å². The minimum absolute atomic E-state index is 0.733. The summed E-state index contributed by atoms with van der Waals surface area (Å²) in [6.07, 6.45) is 2.59. The van der Waals surface area contributed by atoms with E-state index >= 15 is 0 Å². The van der Waals surface area contributed by atoms with E-state index in [2.05, 4.69) is 11.8 Å². The number of hydrogen-bond acceptors (Lipinski definition) is 2. The average Bonchev–Trinajstić information content (AvgIpc) is 2.05. The highest BCUT2D eigenvalue weighted by molar-refractivity contribution is 7.99. The van der Waals surface area contributed by atoms with Crippen LogP contribution in [0.3, 0.4) is 0 Å². The number of likely N-dealkylation sites (tertiary alicyclic amines) is 1. The minimum atomic E-state index is 0.733. The molecule has 0 amide bonds. The Balaban J connectivity index is 2.35. The maximum atomic E-state index is 7.53. The topological polar surface area (TPSA) is 27.1 Å². The van der Waals surface area contributed by atoms with Crippen molar-refractivity contribution < 1.29 is 0 Å². The van der Waals surface area contributed by atoms with Crippen LogP contribution in [0, 0.1) is 5.41 Å². The summed E-state index contributed by atoms with van der Waals surface area (Å²) < 4.78 is 0. The predicted octanol–water partition coefficient (Wildman–Crippen LogP) is 2.20. The lowest BCUT2D eigenvalue weighted by atomic mass is 10.1. The van der Waals surface area contributed by atoms with Crippen LogP contribution in [0.25, 0.3) is 0 Å². The van der Waals surface area contributed by atoms with Crippen LogP contribution in [0.15, 0.2) is 0 Å². The van der Waals surface area contributed by atoms with Crippen LogP contribution in [-0.2, 0) is 0 Å². The first-order valence-electron chi connectivity index (χ1n) is 4.65. The lowest BCUT2D eigenvalue weighted by Crippen LogP contribution is -2.39. The molecule has 0 aromatic rings. The number of amidine groups is 1. The Morgan fingerprint density at radius 2 is 2.42 bits per heavy atom. The van der Waals surface area contributed by atoms with Gasteiger partial charge >= 0.3 is 0 Å². The summed E-state index contributed by atoms with van der Waals surface area (Å²) in [6, 6.07) is 0. The van der Waals surface area contributed by atoms with Crippen molar-refractivity contribution in [1.29, 1.82) is 5.41 Å². The zero-order valence-electron chi connectivity index (χ0n) is 7.97. The van der Waals surface area contributed by atoms with Gasteiger partial charge in [0.25, 0.3) is 0 Å². The van der Waals surface area contributed by atoms with Crippen LogP contribution in [0.2, 0.25) is 0 Å². The molecule has 1 unspecified atom stereocenters. The molecular formula is C9H18N2S. The van der Waals surface area contributed by atoms with Crippen LogP contribution in [0.1, 0.15) is 26.7 Å². The van der Waals surface area contributed by atoms with Crippen LogP contribution in [-0.4, -0.2) is 34.8 Å². The molecule has 0 aromatic carbocycles. The van der Waals surface area contributed by atoms with Gasteiger partial charge in [0, 0.05) is 18.3 Å². The van der Waals surface area contributed by atoms with Crippen molar-refractivity contribution in [2.24, 2.45) is 0 Å². The summed E-state index contributed by atoms with van der Waals surface area (Å²) in [4.78, 5) is 2.19. The van der Waals surface area contributed by atoms with E-state index in [1.807, 2.05) is 18.7 Å². The van der Waals surface area contributed by atoms with Crippen molar-refractivity contribution in [3.63, 3.8) is 0 Å². The summed E-state index contributed by atoms with van der Waals surface area (Å²) in [6.45, 7) is 6.28. The third-order valence-corrected chi connectivity index (χ3v) is 3.44. The molecule has 12 heavy (non-hydrogen) atoms. The number of hydrogen-bond donors (Lipinski definition) is 1. The maximum absolute atomic E-state index is 7.53. The summed E-state index contributed by atoms with van der Waals surface area (Å²) in [5.41, 5.74) is 0. The van der Waals surface area contributed by atoms with E-state index < -0.39 is 0 Å². The molecular weight excluding hydrogens is 168 g/mol. The SMILES string of the molecule is CCSC1CCCN(C(C)=N)C1. The molecule has 3 heteroatoms. The molecule has 1 rings (SSSR count). The third kappa shape index (κ3) is 2.70. The largest absolute Gasteiger partial charge is 0.360 e. The fourth-order valence-corrected chi connectivity index (χ4v) is 2.70. The predicted molar refractivity (Wildman–Crippen MR) is 56.1 cm³/mol. The molecule has 1 N–H and O–H groups in total. The van der Waals surface area contributed by atoms with Gasteiger partial charge in [-0.2, -0.15) is 11.8 Å². The van der Waals surface area contributed by atoms with Gasteiger partial charge in [0.05, 0.1) is 5.84 Å². The van der Waals surface area contributed by atoms with Crippen molar-refractivity contribution in [2.45, 2.75) is 31.9 Å². The molecule has 1 saturated heterocycles. The lowest BCUT2D eigenvalue weighted by Gasteiger charge is -2.32. The van der Waals surface area contributed by atoms with E-state index in [0.717, 1.165) is 24.2 Å². The average molecular weight is 186 g/mol. The Morgan fingerprint density at radius 3 is 3.00 bits per heavy atom. The fourth-order valence-electron chi connectivity index (χ4n) is 1.61. The lowest BCUT2D eigenvalue weighted by molar-refractivity contribution is 0.346. The molecule has 0 saturated carbocycles. The quantitative estimate of drug-likeness (QED) is 0.529. The van der Waals surface area contributed by atoms with Gasteiger partial charge in [-0.25, -0.2) is 0 Å². The molecule has 0 bridgehead atoms. The Morgan fingerprint density at radius 1 is 1.67 bits per heavy atom. The zero-order chi connectivity index (χ0) is 8.97. The number of rotatable bonds is 2. The van der Waals surface area contributed by atoms with E-state index in [1.165, 1.54) is 18.6 Å². The second kappa shape index (κ2) is 4.75. The van der Waals surface area contributed by atoms with Gasteiger partial charge in [0.1, 0.15) is 0 Å². The molecule has 0 aliphatic carbocycles. The zero-order valence-corrected chi connectivity index (χ0v) is 8.78. The molecule has 1 aliphatic heterocycles. The van der Waals surface area contributed by atoms with Crippen LogP contribution in [0.4, 0.5) is 0 Å². The number of nitrogens with one attached hydrogen (secondary N) is 1. The van der Waals surface area contributed by atoms with Gasteiger partial charge in [-0.1, -0.05) is 6.92 Å². The minimum Gasteiger partial charge on any atom is -0.360 e. The Labute approximate surface area is 79.2 Å². The molecule has 0 radical (unpaired) electrons. The molecule has 1 aliphatic rings. The summed E-state index contributed by atoms with van der Waals surface area (Å²) in [7, 11) is 0. The van der Waals surface area contributed by atoms with Crippen molar-refractivity contribution in [3.8, 4) is 0 Å². The number of nitrogens with zero attached hydrogens (tertiary/aromatic N) is 1. The highest BCUT2D eigenvalue weighted by Gasteiger charge is 2.19. The first-order chi connectivity index (χ1) is 5.74. The molecule has 0 aromatic heterocycles. The third-order valence-electron chi connectivity index (χ3n) is 2.25. The summed E-state index contributed by atoms with van der Waals surface area (Å²) >= 11 is 2.04. The van der Waals surface area contributed by atoms with Gasteiger partial charge in [0.2, 0.25) is 0 Å². The van der Waals surface area contributed by atoms with E-state index in [-0.39, 0.29) is 0 Å². The molecule has 1 heterocycles. The highest BCUT2D eigenvalue weighted by Crippen LogP contribution is 2.21. The summed E-state index contributed by atoms with van der Waals surface area (Å²) in [5, 5.41) is 8.30. The van der Waals surface area contributed by atoms with Crippen molar-refractivity contribution >= 4 is 17.6 Å². The van der Waals surface area contributed by atoms with Crippen molar-refractivity contribution in [1.82, 2.24) is 4.90 Å². The normalized spacial score (nSPS) is 24.2. The number of piperidine rings is 1. The Kier molecular flexibility index (Phi) is 3.92. The molecule has 1 fully saturated rings. The molecule has 0 spiro atoms. The molecule has 1 atom stereocenters. The Bertz CT molecular complexity index is 157. The standard InChI is InChI=1S/C9H18N2S/c1-3-12-9-5-4-6-11(7-9)8(2)10/h9-10H,3-7H2,1-2H3. The van der Waals surface area contributed by atoms with Gasteiger partial charge in [-0.15, -0.1) is 0 Å². The second-order valence-electron chi connectivity index (χ2n) is 3.25. The van der Waals surface area contributed by atoms with E-state index in [4.69, 9.17) is 5.41 Å². The Hall–Kier alpha value is -0.180. The molecule has 2 nitrogen and oxygen atoms in total. The van der Waals surface area contributed by atoms with Crippen molar-refractivity contribution in [3.05, 3.63) is 0 Å². The molecule has 70 valence electrons.